The fraction of sp³-hybridized carbons (Fsp3) is 0.600. The number of carbonyl (C=O) groups excluding carboxylic acids is 1. The number of fused-ring (bicyclic) bond motifs is 3. The van der Waals surface area contributed by atoms with Gasteiger partial charge in [-0.2, -0.15) is 0 Å². The number of hydrogen-bond acceptors (Lipinski definition) is 7. The molecule has 9 nitrogen and oxygen atoms in total. The summed E-state index contributed by atoms with van der Waals surface area (Å²) in [5.74, 6) is 0.774. The zero-order chi connectivity index (χ0) is 26.9. The molecule has 0 aliphatic carbocycles. The van der Waals surface area contributed by atoms with Crippen molar-refractivity contribution in [2.45, 2.75) is 57.7 Å². The molecule has 0 radical (unpaired) electrons. The lowest BCUT2D eigenvalue weighted by atomic mass is 9.90. The van der Waals surface area contributed by atoms with E-state index in [0.717, 1.165) is 48.2 Å². The van der Waals surface area contributed by atoms with Crippen LogP contribution in [-0.4, -0.2) is 87.3 Å². The van der Waals surface area contributed by atoms with Crippen LogP contribution in [0.25, 0.3) is 21.9 Å². The molecule has 2 saturated heterocycles. The van der Waals surface area contributed by atoms with E-state index in [9.17, 15) is 4.79 Å². The maximum Gasteiger partial charge on any atom is 0.410 e. The zero-order valence-electron chi connectivity index (χ0n) is 22.0. The molecule has 2 aliphatic heterocycles. The molecule has 1 aromatic carbocycles. The smallest absolute Gasteiger partial charge is 0.410 e. The summed E-state index contributed by atoms with van der Waals surface area (Å²) >= 11 is 16.8. The highest BCUT2D eigenvalue weighted by Gasteiger charge is 2.42. The standard InChI is InChI=1S/C25H32BrCl2N7O2/c1-24(2,3)37-23(36)33-9-7-14(8-10-33)35-21-15-11-16(27)17(26)18(28)19(15)29-22(20(21)30-31-35)34-12-25(4,13-34)32(5)6/h11,14H,7-10,12-13H2,1-6H3. The van der Waals surface area contributed by atoms with Gasteiger partial charge in [0.05, 0.1) is 31.6 Å². The number of anilines is 1. The second kappa shape index (κ2) is 9.39. The lowest BCUT2D eigenvalue weighted by Crippen LogP contribution is -2.67. The third kappa shape index (κ3) is 4.75. The number of pyridine rings is 1. The van der Waals surface area contributed by atoms with Crippen LogP contribution in [0.15, 0.2) is 10.5 Å². The summed E-state index contributed by atoms with van der Waals surface area (Å²) in [5.41, 5.74) is 1.79. The maximum atomic E-state index is 12.6. The zero-order valence-corrected chi connectivity index (χ0v) is 25.1. The molecule has 0 saturated carbocycles. The van der Waals surface area contributed by atoms with Crippen LogP contribution in [0.3, 0.4) is 0 Å². The van der Waals surface area contributed by atoms with Gasteiger partial charge >= 0.3 is 6.09 Å². The van der Waals surface area contributed by atoms with Crippen LogP contribution in [0.1, 0.15) is 46.6 Å². The molecular formula is C25H32BrCl2N7O2. The number of carbonyl (C=O) groups is 1. The van der Waals surface area contributed by atoms with Crippen molar-refractivity contribution in [2.75, 3.05) is 45.2 Å². The highest BCUT2D eigenvalue weighted by atomic mass is 79.9. The van der Waals surface area contributed by atoms with E-state index in [1.54, 1.807) is 4.90 Å². The minimum atomic E-state index is -0.523. The Balaban J connectivity index is 1.54. The van der Waals surface area contributed by atoms with E-state index in [0.29, 0.717) is 33.1 Å². The number of rotatable bonds is 3. The molecule has 2 aromatic heterocycles. The molecule has 0 atom stereocenters. The van der Waals surface area contributed by atoms with Crippen LogP contribution >= 0.6 is 39.1 Å². The average Bonchev–Trinajstić information content (AvgIpc) is 3.25. The number of aromatic nitrogens is 4. The lowest BCUT2D eigenvalue weighted by molar-refractivity contribution is 0.0185. The molecule has 37 heavy (non-hydrogen) atoms. The maximum absolute atomic E-state index is 12.6. The molecule has 0 N–H and O–H groups in total. The molecule has 0 unspecified atom stereocenters. The summed E-state index contributed by atoms with van der Waals surface area (Å²) in [6.45, 7) is 10.7. The molecule has 0 bridgehead atoms. The van der Waals surface area contributed by atoms with Gasteiger partial charge in [-0.15, -0.1) is 5.10 Å². The number of amides is 1. The topological polar surface area (TPSA) is 79.6 Å². The number of benzene rings is 1. The quantitative estimate of drug-likeness (QED) is 0.348. The molecule has 4 heterocycles. The summed E-state index contributed by atoms with van der Waals surface area (Å²) in [5, 5.41) is 11.0. The van der Waals surface area contributed by atoms with Crippen LogP contribution in [0.4, 0.5) is 10.6 Å². The van der Waals surface area contributed by atoms with Crippen molar-refractivity contribution in [3.8, 4) is 0 Å². The summed E-state index contributed by atoms with van der Waals surface area (Å²) in [7, 11) is 4.19. The summed E-state index contributed by atoms with van der Waals surface area (Å²) < 4.78 is 8.16. The number of ether oxygens (including phenoxy) is 1. The van der Waals surface area contributed by atoms with E-state index < -0.39 is 5.60 Å². The van der Waals surface area contributed by atoms with Crippen LogP contribution in [0.2, 0.25) is 10.0 Å². The Hall–Kier alpha value is -1.88. The van der Waals surface area contributed by atoms with Crippen molar-refractivity contribution >= 4 is 73.0 Å². The van der Waals surface area contributed by atoms with E-state index in [-0.39, 0.29) is 17.7 Å². The minimum absolute atomic E-state index is 0.0534. The Morgan fingerprint density at radius 3 is 2.43 bits per heavy atom. The van der Waals surface area contributed by atoms with Gasteiger partial charge in [0.2, 0.25) is 0 Å². The van der Waals surface area contributed by atoms with Gasteiger partial charge < -0.3 is 19.4 Å². The number of hydrogen-bond donors (Lipinski definition) is 0. The van der Waals surface area contributed by atoms with Gasteiger partial charge in [0, 0.05) is 31.6 Å². The molecule has 1 amide bonds. The van der Waals surface area contributed by atoms with Crippen molar-refractivity contribution < 1.29 is 9.53 Å². The van der Waals surface area contributed by atoms with Crippen molar-refractivity contribution in [1.29, 1.82) is 0 Å². The van der Waals surface area contributed by atoms with Gasteiger partial charge in [-0.05, 0) is 76.6 Å². The van der Waals surface area contributed by atoms with E-state index in [4.69, 9.17) is 32.9 Å². The molecular weight excluding hydrogens is 581 g/mol. The molecule has 12 heteroatoms. The van der Waals surface area contributed by atoms with E-state index in [2.05, 4.69) is 57.1 Å². The summed E-state index contributed by atoms with van der Waals surface area (Å²) in [6, 6.07) is 1.94. The predicted octanol–water partition coefficient (Wildman–Crippen LogP) is 5.76. The van der Waals surface area contributed by atoms with Crippen molar-refractivity contribution in [3.05, 3.63) is 20.6 Å². The molecule has 2 fully saturated rings. The Labute approximate surface area is 235 Å². The van der Waals surface area contributed by atoms with Crippen molar-refractivity contribution in [3.63, 3.8) is 0 Å². The Morgan fingerprint density at radius 1 is 1.19 bits per heavy atom. The summed E-state index contributed by atoms with van der Waals surface area (Å²) in [6.07, 6.45) is 1.19. The van der Waals surface area contributed by atoms with E-state index in [1.807, 2.05) is 31.5 Å². The Bertz CT molecular complexity index is 1370. The third-order valence-electron chi connectivity index (χ3n) is 7.42. The average molecular weight is 613 g/mol. The van der Waals surface area contributed by atoms with E-state index in [1.165, 1.54) is 0 Å². The minimum Gasteiger partial charge on any atom is -0.444 e. The number of piperidine rings is 1. The second-order valence-electron chi connectivity index (χ2n) is 11.5. The van der Waals surface area contributed by atoms with E-state index >= 15 is 0 Å². The largest absolute Gasteiger partial charge is 0.444 e. The first kappa shape index (κ1) is 26.7. The predicted molar refractivity (Wildman–Crippen MR) is 151 cm³/mol. The van der Waals surface area contributed by atoms with Gasteiger partial charge in [0.15, 0.2) is 11.3 Å². The molecule has 3 aromatic rings. The van der Waals surface area contributed by atoms with Crippen LogP contribution < -0.4 is 4.90 Å². The van der Waals surface area contributed by atoms with Crippen LogP contribution in [0, 0.1) is 0 Å². The van der Waals surface area contributed by atoms with Gasteiger partial charge in [0.25, 0.3) is 0 Å². The number of likely N-dealkylation sites (tertiary alicyclic amines) is 1. The first-order valence-electron chi connectivity index (χ1n) is 12.4. The molecule has 200 valence electrons. The molecule has 2 aliphatic rings. The third-order valence-corrected chi connectivity index (χ3v) is 9.37. The highest BCUT2D eigenvalue weighted by molar-refractivity contribution is 9.10. The monoisotopic (exact) mass is 611 g/mol. The first-order valence-corrected chi connectivity index (χ1v) is 14.0. The Morgan fingerprint density at radius 2 is 1.84 bits per heavy atom. The van der Waals surface area contributed by atoms with Gasteiger partial charge in [0.1, 0.15) is 11.1 Å². The van der Waals surface area contributed by atoms with Crippen molar-refractivity contribution in [2.24, 2.45) is 0 Å². The highest BCUT2D eigenvalue weighted by Crippen LogP contribution is 2.43. The van der Waals surface area contributed by atoms with Gasteiger partial charge in [-0.25, -0.2) is 14.5 Å². The lowest BCUT2D eigenvalue weighted by Gasteiger charge is -2.52. The van der Waals surface area contributed by atoms with Gasteiger partial charge in [-0.1, -0.05) is 28.4 Å². The first-order chi connectivity index (χ1) is 17.3. The van der Waals surface area contributed by atoms with Crippen LogP contribution in [-0.2, 0) is 4.74 Å². The normalized spacial score (nSPS) is 18.6. The fourth-order valence-electron chi connectivity index (χ4n) is 5.03. The summed E-state index contributed by atoms with van der Waals surface area (Å²) in [4.78, 5) is 23.8. The fourth-order valence-corrected chi connectivity index (χ4v) is 5.83. The number of halogens is 3. The SMILES string of the molecule is CN(C)C1(C)CN(c2nc3c(Cl)c(Br)c(Cl)cc3c3c2nnn3C2CCN(C(=O)OC(C)(C)C)CC2)C1. The second-order valence-corrected chi connectivity index (χ2v) is 13.1. The molecule has 0 spiro atoms. The number of likely N-dealkylation sites (N-methyl/N-ethyl adjacent to an activating group) is 1. The van der Waals surface area contributed by atoms with Crippen LogP contribution in [0.5, 0.6) is 0 Å². The Kier molecular flexibility index (Phi) is 6.78. The van der Waals surface area contributed by atoms with Gasteiger partial charge in [-0.3, -0.25) is 0 Å². The molecule has 5 rings (SSSR count). The van der Waals surface area contributed by atoms with Crippen molar-refractivity contribution in [1.82, 2.24) is 29.8 Å². The number of nitrogens with zero attached hydrogens (tertiary/aromatic N) is 7.